The summed E-state index contributed by atoms with van der Waals surface area (Å²) >= 11 is 0. The van der Waals surface area contributed by atoms with E-state index in [1.54, 1.807) is 0 Å². The first-order valence-corrected chi connectivity index (χ1v) is 8.82. The molecule has 0 aliphatic carbocycles. The third-order valence-corrected chi connectivity index (χ3v) is 4.61. The molecule has 0 saturated carbocycles. The van der Waals surface area contributed by atoms with Gasteiger partial charge in [0.2, 0.25) is 0 Å². The van der Waals surface area contributed by atoms with E-state index in [4.69, 9.17) is 10.7 Å². The van der Waals surface area contributed by atoms with Crippen LogP contribution in [-0.2, 0) is 6.42 Å². The van der Waals surface area contributed by atoms with Crippen molar-refractivity contribution in [2.75, 3.05) is 0 Å². The van der Waals surface area contributed by atoms with Crippen LogP contribution < -0.4 is 5.73 Å². The van der Waals surface area contributed by atoms with E-state index in [9.17, 15) is 0 Å². The highest BCUT2D eigenvalue weighted by molar-refractivity contribution is 5.82. The number of fused-ring (bicyclic) bond motifs is 1. The zero-order chi connectivity index (χ0) is 16.9. The zero-order valence-electron chi connectivity index (χ0n) is 14.4. The molecular weight excluding hydrogens is 296 g/mol. The maximum atomic E-state index is 5.85. The lowest BCUT2D eigenvalue weighted by Crippen LogP contribution is -2.16. The molecule has 4 nitrogen and oxygen atoms in total. The van der Waals surface area contributed by atoms with Crippen molar-refractivity contribution < 1.29 is 0 Å². The van der Waals surface area contributed by atoms with Gasteiger partial charge in [-0.05, 0) is 30.5 Å². The Morgan fingerprint density at radius 3 is 3.04 bits per heavy atom. The van der Waals surface area contributed by atoms with Gasteiger partial charge in [-0.1, -0.05) is 32.8 Å². The van der Waals surface area contributed by atoms with Crippen LogP contribution in [0.25, 0.3) is 16.7 Å². The van der Waals surface area contributed by atoms with Gasteiger partial charge in [-0.3, -0.25) is 4.99 Å². The molecule has 1 atom stereocenters. The number of aliphatic imine (C=N–C) groups is 1. The van der Waals surface area contributed by atoms with Gasteiger partial charge in [0.1, 0.15) is 5.65 Å². The number of nitrogens with zero attached hydrogens (tertiary/aromatic N) is 3. The number of rotatable bonds is 7. The van der Waals surface area contributed by atoms with E-state index in [2.05, 4.69) is 41.4 Å². The largest absolute Gasteiger partial charge is 0.402 e. The first kappa shape index (κ1) is 16.5. The minimum absolute atomic E-state index is 0.0975. The number of pyridine rings is 1. The molecule has 0 fully saturated rings. The molecule has 2 aromatic rings. The van der Waals surface area contributed by atoms with E-state index < -0.39 is 0 Å². The second-order valence-corrected chi connectivity index (χ2v) is 6.56. The predicted octanol–water partition coefficient (Wildman–Crippen LogP) is 4.52. The van der Waals surface area contributed by atoms with Gasteiger partial charge in [0.05, 0.1) is 0 Å². The van der Waals surface area contributed by atoms with Gasteiger partial charge in [0.15, 0.2) is 0 Å². The molecular formula is C20H26N4. The Hall–Kier alpha value is -2.36. The molecule has 1 unspecified atom stereocenters. The van der Waals surface area contributed by atoms with Crippen LogP contribution in [0.4, 0.5) is 0 Å². The number of unbranched alkanes of at least 4 members (excludes halogenated alkanes) is 3. The summed E-state index contributed by atoms with van der Waals surface area (Å²) in [7, 11) is 0. The van der Waals surface area contributed by atoms with Crippen molar-refractivity contribution in [2.24, 2.45) is 16.6 Å². The van der Waals surface area contributed by atoms with Gasteiger partial charge in [-0.2, -0.15) is 0 Å². The van der Waals surface area contributed by atoms with Crippen molar-refractivity contribution in [3.63, 3.8) is 0 Å². The van der Waals surface area contributed by atoms with E-state index >= 15 is 0 Å². The number of nitrogens with two attached hydrogens (primary N) is 1. The first-order chi connectivity index (χ1) is 11.7. The van der Waals surface area contributed by atoms with Gasteiger partial charge in [-0.25, -0.2) is 4.98 Å². The fourth-order valence-corrected chi connectivity index (χ4v) is 3.14. The summed E-state index contributed by atoms with van der Waals surface area (Å²) in [6, 6.07) is 4.39. The smallest absolute Gasteiger partial charge is 0.144 e. The number of aromatic nitrogens is 2. The van der Waals surface area contributed by atoms with E-state index in [1.165, 1.54) is 36.6 Å². The van der Waals surface area contributed by atoms with Crippen molar-refractivity contribution in [1.82, 2.24) is 9.55 Å². The highest BCUT2D eigenvalue weighted by Crippen LogP contribution is 2.27. The van der Waals surface area contributed by atoms with Crippen molar-refractivity contribution in [3.8, 4) is 0 Å². The molecule has 0 amide bonds. The Bertz CT molecular complexity index is 782. The quantitative estimate of drug-likeness (QED) is 0.762. The monoisotopic (exact) mass is 322 g/mol. The third-order valence-electron chi connectivity index (χ3n) is 4.61. The molecule has 4 heteroatoms. The summed E-state index contributed by atoms with van der Waals surface area (Å²) in [5.74, 6) is 0.0975. The Morgan fingerprint density at radius 1 is 1.38 bits per heavy atom. The van der Waals surface area contributed by atoms with Crippen LogP contribution in [0.2, 0.25) is 0 Å². The van der Waals surface area contributed by atoms with E-state index in [0.29, 0.717) is 5.70 Å². The van der Waals surface area contributed by atoms with Gasteiger partial charge in [0, 0.05) is 53.9 Å². The van der Waals surface area contributed by atoms with Crippen molar-refractivity contribution in [3.05, 3.63) is 48.6 Å². The highest BCUT2D eigenvalue weighted by Gasteiger charge is 2.16. The second-order valence-electron chi connectivity index (χ2n) is 6.56. The summed E-state index contributed by atoms with van der Waals surface area (Å²) < 4.78 is 2.11. The Balaban J connectivity index is 1.78. The number of hydrogen-bond acceptors (Lipinski definition) is 3. The second kappa shape index (κ2) is 7.47. The van der Waals surface area contributed by atoms with Gasteiger partial charge >= 0.3 is 0 Å². The van der Waals surface area contributed by atoms with Crippen LogP contribution in [0, 0.1) is 5.92 Å². The summed E-state index contributed by atoms with van der Waals surface area (Å²) in [4.78, 5) is 9.02. The van der Waals surface area contributed by atoms with E-state index in [1.807, 2.05) is 18.6 Å². The minimum atomic E-state index is 0.0975. The average Bonchev–Trinajstić information content (AvgIpc) is 3.02. The summed E-state index contributed by atoms with van der Waals surface area (Å²) in [5.41, 5.74) is 9.91. The van der Waals surface area contributed by atoms with Crippen LogP contribution in [0.3, 0.4) is 0 Å². The van der Waals surface area contributed by atoms with Crippen molar-refractivity contribution in [2.45, 2.75) is 45.4 Å². The molecule has 1 aliphatic rings. The van der Waals surface area contributed by atoms with E-state index in [0.717, 1.165) is 24.2 Å². The van der Waals surface area contributed by atoms with Crippen LogP contribution >= 0.6 is 0 Å². The summed E-state index contributed by atoms with van der Waals surface area (Å²) in [5, 5.41) is 1.18. The fraction of sp³-hybridized carbons (Fsp3) is 0.400. The highest BCUT2D eigenvalue weighted by atomic mass is 15.0. The lowest BCUT2D eigenvalue weighted by molar-refractivity contribution is 0.666. The Kier molecular flexibility index (Phi) is 5.14. The van der Waals surface area contributed by atoms with Crippen molar-refractivity contribution >= 4 is 22.9 Å². The normalized spacial score (nSPS) is 17.2. The standard InChI is InChI=1S/C20H26N4/c1-3-4-5-6-7-16-10-17-8-9-24(20(17)23-12-16)19-11-18(15(2)21)13-22-14-19/h8-10,12-14,18H,2-7,11,21H2,1H3. The van der Waals surface area contributed by atoms with Crippen LogP contribution in [0.15, 0.2) is 48.0 Å². The molecule has 0 aromatic carbocycles. The number of hydrogen-bond donors (Lipinski definition) is 1. The van der Waals surface area contributed by atoms with Crippen LogP contribution in [0.5, 0.6) is 0 Å². The topological polar surface area (TPSA) is 56.2 Å². The molecule has 24 heavy (non-hydrogen) atoms. The lowest BCUT2D eigenvalue weighted by Gasteiger charge is -2.18. The molecule has 126 valence electrons. The van der Waals surface area contributed by atoms with Gasteiger partial charge < -0.3 is 10.3 Å². The fourth-order valence-electron chi connectivity index (χ4n) is 3.14. The van der Waals surface area contributed by atoms with Crippen molar-refractivity contribution in [1.29, 1.82) is 0 Å². The maximum absolute atomic E-state index is 5.85. The third kappa shape index (κ3) is 3.58. The molecule has 0 spiro atoms. The maximum Gasteiger partial charge on any atom is 0.144 e. The number of allylic oxidation sites excluding steroid dienone is 2. The van der Waals surface area contributed by atoms with Crippen LogP contribution in [0.1, 0.15) is 44.6 Å². The summed E-state index contributed by atoms with van der Waals surface area (Å²) in [6.07, 6.45) is 14.9. The minimum Gasteiger partial charge on any atom is -0.402 e. The van der Waals surface area contributed by atoms with Gasteiger partial charge in [-0.15, -0.1) is 0 Å². The molecule has 3 heterocycles. The first-order valence-electron chi connectivity index (χ1n) is 8.82. The molecule has 2 aromatic heterocycles. The Labute approximate surface area is 143 Å². The molecule has 0 radical (unpaired) electrons. The zero-order valence-corrected chi connectivity index (χ0v) is 14.4. The van der Waals surface area contributed by atoms with Crippen LogP contribution in [-0.4, -0.2) is 15.8 Å². The molecule has 2 N–H and O–H groups in total. The van der Waals surface area contributed by atoms with Gasteiger partial charge in [0.25, 0.3) is 0 Å². The molecule has 0 bridgehead atoms. The Morgan fingerprint density at radius 2 is 2.25 bits per heavy atom. The predicted molar refractivity (Wildman–Crippen MR) is 102 cm³/mol. The molecule has 1 aliphatic heterocycles. The summed E-state index contributed by atoms with van der Waals surface area (Å²) in [6.45, 7) is 6.09. The SMILES string of the molecule is C=C(N)C1C=NC=C(n2ccc3cc(CCCCCC)cnc32)C1. The average molecular weight is 322 g/mol. The molecule has 3 rings (SSSR count). The molecule has 0 saturated heterocycles. The van der Waals surface area contributed by atoms with E-state index in [-0.39, 0.29) is 5.92 Å². The number of aryl methyl sites for hydroxylation is 1. The lowest BCUT2D eigenvalue weighted by atomic mass is 10.0.